The van der Waals surface area contributed by atoms with Crippen molar-refractivity contribution in [2.75, 3.05) is 17.7 Å². The van der Waals surface area contributed by atoms with Gasteiger partial charge in [-0.25, -0.2) is 14.6 Å². The predicted octanol–water partition coefficient (Wildman–Crippen LogP) is 6.92. The summed E-state index contributed by atoms with van der Waals surface area (Å²) in [5.41, 5.74) is 0.198. The van der Waals surface area contributed by atoms with Gasteiger partial charge in [0.15, 0.2) is 5.69 Å². The van der Waals surface area contributed by atoms with E-state index in [4.69, 9.17) is 27.9 Å². The molecule has 0 radical (unpaired) electrons. The zero-order valence-corrected chi connectivity index (χ0v) is 23.7. The van der Waals surface area contributed by atoms with Crippen LogP contribution in [0, 0.1) is 5.41 Å². The Hall–Kier alpha value is -3.34. The number of methoxy groups -OCH3 is 1. The lowest BCUT2D eigenvalue weighted by Gasteiger charge is -2.38. The molecule has 1 aliphatic carbocycles. The molecule has 3 amide bonds. The number of urea groups is 1. The normalized spacial score (nSPS) is 15.2. The molecule has 9 nitrogen and oxygen atoms in total. The molecule has 1 saturated carbocycles. The van der Waals surface area contributed by atoms with Crippen LogP contribution < -0.4 is 20.7 Å². The SMILES string of the molecule is COc1ccc(-c2nc(C(=O)N[C@H](C(=O)O)C3(C)CCCCC3)c(NC(=O)Nc3c(Cl)cccc3Cl)s2)cc1. The summed E-state index contributed by atoms with van der Waals surface area (Å²) >= 11 is 13.4. The van der Waals surface area contributed by atoms with Crippen molar-refractivity contribution in [2.24, 2.45) is 5.41 Å². The summed E-state index contributed by atoms with van der Waals surface area (Å²) in [7, 11) is 1.55. The van der Waals surface area contributed by atoms with Crippen LogP contribution in [0.15, 0.2) is 42.5 Å². The van der Waals surface area contributed by atoms with Crippen molar-refractivity contribution in [3.8, 4) is 16.3 Å². The third kappa shape index (κ3) is 6.63. The number of carbonyl (C=O) groups excluding carboxylic acids is 2. The van der Waals surface area contributed by atoms with Crippen LogP contribution in [0.1, 0.15) is 49.5 Å². The highest BCUT2D eigenvalue weighted by Gasteiger charge is 2.41. The Kier molecular flexibility index (Phi) is 8.99. The standard InChI is InChI=1S/C27H28Cl2N4O5S/c1-27(13-4-3-5-14-27)21(25(35)36)32-22(34)20-24(33-26(37)31-19-17(28)7-6-8-18(19)29)39-23(30-20)15-9-11-16(38-2)12-10-15/h6-12,21H,3-5,13-14H2,1-2H3,(H,32,34)(H,35,36)(H2,31,33,37)/t21-/m1/s1. The lowest BCUT2D eigenvalue weighted by Crippen LogP contribution is -2.52. The Morgan fingerprint density at radius 3 is 2.26 bits per heavy atom. The maximum absolute atomic E-state index is 13.5. The summed E-state index contributed by atoms with van der Waals surface area (Å²) in [6.45, 7) is 1.88. The molecule has 1 atom stereocenters. The number of ether oxygens (including phenoxy) is 1. The molecule has 1 heterocycles. The number of hydrogen-bond acceptors (Lipinski definition) is 6. The monoisotopic (exact) mass is 590 g/mol. The number of carbonyl (C=O) groups is 3. The van der Waals surface area contributed by atoms with Gasteiger partial charge in [0.25, 0.3) is 5.91 Å². The average Bonchev–Trinajstić information content (AvgIpc) is 3.33. The number of para-hydroxylation sites is 1. The highest BCUT2D eigenvalue weighted by molar-refractivity contribution is 7.19. The van der Waals surface area contributed by atoms with Crippen LogP contribution >= 0.6 is 34.5 Å². The molecule has 0 bridgehead atoms. The molecule has 0 unspecified atom stereocenters. The van der Waals surface area contributed by atoms with E-state index in [9.17, 15) is 19.5 Å². The van der Waals surface area contributed by atoms with Crippen molar-refractivity contribution >= 4 is 63.1 Å². The van der Waals surface area contributed by atoms with Gasteiger partial charge >= 0.3 is 12.0 Å². The fourth-order valence-corrected chi connectivity index (χ4v) is 6.12. The summed E-state index contributed by atoms with van der Waals surface area (Å²) in [5, 5.41) is 19.0. The molecule has 39 heavy (non-hydrogen) atoms. The molecule has 1 fully saturated rings. The predicted molar refractivity (Wildman–Crippen MR) is 153 cm³/mol. The van der Waals surface area contributed by atoms with Crippen molar-refractivity contribution in [1.82, 2.24) is 10.3 Å². The molecule has 1 aliphatic rings. The van der Waals surface area contributed by atoms with E-state index in [1.165, 1.54) is 0 Å². The van der Waals surface area contributed by atoms with Gasteiger partial charge in [0.2, 0.25) is 0 Å². The molecule has 206 valence electrons. The Bertz CT molecular complexity index is 1350. The third-order valence-corrected chi connectivity index (χ3v) is 8.47. The molecule has 0 saturated heterocycles. The number of nitrogens with zero attached hydrogens (tertiary/aromatic N) is 1. The van der Waals surface area contributed by atoms with Crippen molar-refractivity contribution < 1.29 is 24.2 Å². The number of thiazole rings is 1. The minimum atomic E-state index is -1.11. The molecule has 12 heteroatoms. The molecular weight excluding hydrogens is 563 g/mol. The smallest absolute Gasteiger partial charge is 0.326 e. The van der Waals surface area contributed by atoms with Gasteiger partial charge in [-0.3, -0.25) is 10.1 Å². The van der Waals surface area contributed by atoms with E-state index in [0.29, 0.717) is 29.2 Å². The van der Waals surface area contributed by atoms with E-state index in [0.717, 1.165) is 30.6 Å². The highest BCUT2D eigenvalue weighted by atomic mass is 35.5. The maximum atomic E-state index is 13.5. The quantitative estimate of drug-likeness (QED) is 0.225. The first kappa shape index (κ1) is 28.7. The molecule has 0 spiro atoms. The summed E-state index contributed by atoms with van der Waals surface area (Å²) in [5.74, 6) is -1.16. The number of hydrogen-bond donors (Lipinski definition) is 4. The first-order valence-electron chi connectivity index (χ1n) is 12.3. The van der Waals surface area contributed by atoms with Crippen LogP contribution in [-0.4, -0.2) is 41.1 Å². The zero-order chi connectivity index (χ0) is 28.2. The first-order valence-corrected chi connectivity index (χ1v) is 13.9. The van der Waals surface area contributed by atoms with Gasteiger partial charge in [-0.15, -0.1) is 0 Å². The summed E-state index contributed by atoms with van der Waals surface area (Å²) < 4.78 is 5.21. The van der Waals surface area contributed by atoms with Crippen molar-refractivity contribution in [3.05, 3.63) is 58.2 Å². The van der Waals surface area contributed by atoms with Gasteiger partial charge in [0.1, 0.15) is 21.8 Å². The second kappa shape index (κ2) is 12.2. The van der Waals surface area contributed by atoms with Gasteiger partial charge < -0.3 is 20.5 Å². The minimum absolute atomic E-state index is 0.100. The van der Waals surface area contributed by atoms with Crippen LogP contribution in [0.4, 0.5) is 15.5 Å². The Morgan fingerprint density at radius 2 is 1.67 bits per heavy atom. The number of anilines is 2. The Morgan fingerprint density at radius 1 is 1.03 bits per heavy atom. The number of benzene rings is 2. The summed E-state index contributed by atoms with van der Waals surface area (Å²) in [6, 6.07) is 10.0. The summed E-state index contributed by atoms with van der Waals surface area (Å²) in [4.78, 5) is 43.1. The Labute approximate surface area is 239 Å². The first-order chi connectivity index (χ1) is 18.6. The fourth-order valence-electron chi connectivity index (χ4n) is 4.66. The van der Waals surface area contributed by atoms with Crippen LogP contribution in [0.5, 0.6) is 5.75 Å². The third-order valence-electron chi connectivity index (χ3n) is 6.82. The number of amides is 3. The van der Waals surface area contributed by atoms with E-state index < -0.39 is 29.4 Å². The maximum Gasteiger partial charge on any atom is 0.326 e. The number of rotatable bonds is 8. The second-order valence-corrected chi connectivity index (χ2v) is 11.4. The van der Waals surface area contributed by atoms with E-state index >= 15 is 0 Å². The van der Waals surface area contributed by atoms with Crippen molar-refractivity contribution in [3.63, 3.8) is 0 Å². The van der Waals surface area contributed by atoms with Crippen molar-refractivity contribution in [2.45, 2.75) is 45.1 Å². The van der Waals surface area contributed by atoms with Crippen LogP contribution in [-0.2, 0) is 4.79 Å². The van der Waals surface area contributed by atoms with Gasteiger partial charge in [-0.2, -0.15) is 0 Å². The van der Waals surface area contributed by atoms with E-state index in [1.54, 1.807) is 49.6 Å². The van der Waals surface area contributed by atoms with E-state index in [2.05, 4.69) is 20.9 Å². The molecule has 4 rings (SSSR count). The van der Waals surface area contributed by atoms with Gasteiger partial charge in [-0.1, -0.05) is 66.8 Å². The zero-order valence-electron chi connectivity index (χ0n) is 21.3. The fraction of sp³-hybridized carbons (Fsp3) is 0.333. The number of carboxylic acids is 1. The average molecular weight is 592 g/mol. The summed E-state index contributed by atoms with van der Waals surface area (Å²) in [6.07, 6.45) is 4.19. The number of carboxylic acid groups (broad SMARTS) is 1. The largest absolute Gasteiger partial charge is 0.497 e. The number of nitrogens with one attached hydrogen (secondary N) is 3. The molecule has 2 aromatic carbocycles. The number of aromatic nitrogens is 1. The molecule has 3 aromatic rings. The number of aliphatic carboxylic acids is 1. The van der Waals surface area contributed by atoms with Crippen molar-refractivity contribution in [1.29, 1.82) is 0 Å². The van der Waals surface area contributed by atoms with Gasteiger partial charge in [-0.05, 0) is 54.7 Å². The lowest BCUT2D eigenvalue weighted by atomic mass is 9.70. The van der Waals surface area contributed by atoms with Gasteiger partial charge in [0.05, 0.1) is 22.8 Å². The molecular formula is C27H28Cl2N4O5S. The lowest BCUT2D eigenvalue weighted by molar-refractivity contribution is -0.143. The Balaban J connectivity index is 1.65. The topological polar surface area (TPSA) is 130 Å². The highest BCUT2D eigenvalue weighted by Crippen LogP contribution is 2.40. The van der Waals surface area contributed by atoms with Gasteiger partial charge in [0, 0.05) is 5.56 Å². The van der Waals surface area contributed by atoms with E-state index in [-0.39, 0.29) is 26.4 Å². The van der Waals surface area contributed by atoms with Crippen LogP contribution in [0.2, 0.25) is 10.0 Å². The van der Waals surface area contributed by atoms with Crippen LogP contribution in [0.3, 0.4) is 0 Å². The molecule has 1 aromatic heterocycles. The second-order valence-electron chi connectivity index (χ2n) is 9.56. The molecule has 4 N–H and O–H groups in total. The van der Waals surface area contributed by atoms with E-state index in [1.807, 2.05) is 6.92 Å². The molecule has 0 aliphatic heterocycles. The minimum Gasteiger partial charge on any atom is -0.497 e. The van der Waals surface area contributed by atoms with Crippen LogP contribution in [0.25, 0.3) is 10.6 Å². The number of halogens is 2.